The van der Waals surface area contributed by atoms with Crippen LogP contribution in [0.4, 0.5) is 10.1 Å². The number of halogens is 1. The Morgan fingerprint density at radius 2 is 2.35 bits per heavy atom. The number of anilines is 1. The van der Waals surface area contributed by atoms with Gasteiger partial charge in [0.1, 0.15) is 11.6 Å². The zero-order valence-corrected chi connectivity index (χ0v) is 9.63. The fraction of sp³-hybridized carbons (Fsp3) is 0.417. The second kappa shape index (κ2) is 5.14. The molecule has 2 rings (SSSR count). The van der Waals surface area contributed by atoms with E-state index in [-0.39, 0.29) is 11.8 Å². The standard InChI is InChI=1S/C12H15FN2O2/c1-17-11-5-9(13)4-10(6-11)15-12(16)8-2-3-14-7-8/h4-6,8,14H,2-3,7H2,1H3,(H,15,16)/t8-/m1/s1. The first-order valence-corrected chi connectivity index (χ1v) is 5.55. The molecular weight excluding hydrogens is 223 g/mol. The fourth-order valence-electron chi connectivity index (χ4n) is 1.88. The molecule has 0 aromatic heterocycles. The molecule has 0 unspecified atom stereocenters. The summed E-state index contributed by atoms with van der Waals surface area (Å²) in [6, 6.07) is 4.15. The van der Waals surface area contributed by atoms with Gasteiger partial charge in [-0.25, -0.2) is 4.39 Å². The molecule has 1 aliphatic rings. The van der Waals surface area contributed by atoms with Crippen LogP contribution in [0.5, 0.6) is 5.75 Å². The van der Waals surface area contributed by atoms with Crippen LogP contribution in [-0.4, -0.2) is 26.1 Å². The predicted molar refractivity (Wildman–Crippen MR) is 62.6 cm³/mol. The lowest BCUT2D eigenvalue weighted by Gasteiger charge is -2.11. The predicted octanol–water partition coefficient (Wildman–Crippen LogP) is 1.38. The summed E-state index contributed by atoms with van der Waals surface area (Å²) in [5.74, 6) is -0.152. The van der Waals surface area contributed by atoms with E-state index >= 15 is 0 Å². The molecule has 0 aliphatic carbocycles. The molecule has 0 saturated carbocycles. The minimum Gasteiger partial charge on any atom is -0.497 e. The SMILES string of the molecule is COc1cc(F)cc(NC(=O)[C@@H]2CCNC2)c1. The van der Waals surface area contributed by atoms with Crippen LogP contribution in [-0.2, 0) is 4.79 Å². The van der Waals surface area contributed by atoms with Gasteiger partial charge in [0.25, 0.3) is 0 Å². The van der Waals surface area contributed by atoms with Gasteiger partial charge in [-0.1, -0.05) is 0 Å². The number of methoxy groups -OCH3 is 1. The van der Waals surface area contributed by atoms with E-state index in [4.69, 9.17) is 4.74 Å². The first-order valence-electron chi connectivity index (χ1n) is 5.55. The average molecular weight is 238 g/mol. The molecule has 1 aromatic rings. The van der Waals surface area contributed by atoms with E-state index < -0.39 is 5.82 Å². The average Bonchev–Trinajstić information content (AvgIpc) is 2.81. The maximum absolute atomic E-state index is 13.2. The van der Waals surface area contributed by atoms with E-state index in [0.29, 0.717) is 18.0 Å². The van der Waals surface area contributed by atoms with Gasteiger partial charge in [-0.3, -0.25) is 4.79 Å². The van der Waals surface area contributed by atoms with E-state index in [2.05, 4.69) is 10.6 Å². The minimum atomic E-state index is -0.427. The van der Waals surface area contributed by atoms with Crippen LogP contribution in [0.2, 0.25) is 0 Å². The fourth-order valence-corrected chi connectivity index (χ4v) is 1.88. The van der Waals surface area contributed by atoms with Crippen molar-refractivity contribution in [1.29, 1.82) is 0 Å². The molecule has 92 valence electrons. The summed E-state index contributed by atoms with van der Waals surface area (Å²) in [6.45, 7) is 1.53. The normalized spacial score (nSPS) is 19.1. The highest BCUT2D eigenvalue weighted by Crippen LogP contribution is 2.21. The monoisotopic (exact) mass is 238 g/mol. The van der Waals surface area contributed by atoms with E-state index in [1.165, 1.54) is 19.2 Å². The van der Waals surface area contributed by atoms with Crippen molar-refractivity contribution in [3.63, 3.8) is 0 Å². The molecule has 1 saturated heterocycles. The number of rotatable bonds is 3. The Balaban J connectivity index is 2.06. The molecule has 0 bridgehead atoms. The highest BCUT2D eigenvalue weighted by atomic mass is 19.1. The van der Waals surface area contributed by atoms with Crippen LogP contribution in [0.15, 0.2) is 18.2 Å². The number of benzene rings is 1. The van der Waals surface area contributed by atoms with Gasteiger partial charge in [0.15, 0.2) is 0 Å². The third-order valence-electron chi connectivity index (χ3n) is 2.81. The van der Waals surface area contributed by atoms with Gasteiger partial charge in [-0.15, -0.1) is 0 Å². The molecule has 1 atom stereocenters. The van der Waals surface area contributed by atoms with Gasteiger partial charge >= 0.3 is 0 Å². The quantitative estimate of drug-likeness (QED) is 0.836. The van der Waals surface area contributed by atoms with Gasteiger partial charge in [0.05, 0.1) is 13.0 Å². The Kier molecular flexibility index (Phi) is 3.58. The lowest BCUT2D eigenvalue weighted by atomic mass is 10.1. The molecule has 1 aromatic carbocycles. The molecule has 2 N–H and O–H groups in total. The second-order valence-corrected chi connectivity index (χ2v) is 4.06. The summed E-state index contributed by atoms with van der Waals surface area (Å²) >= 11 is 0. The number of hydrogen-bond donors (Lipinski definition) is 2. The summed E-state index contributed by atoms with van der Waals surface area (Å²) in [5.41, 5.74) is 0.429. The van der Waals surface area contributed by atoms with Crippen molar-refractivity contribution in [2.45, 2.75) is 6.42 Å². The first-order chi connectivity index (χ1) is 8.19. The summed E-state index contributed by atoms with van der Waals surface area (Å²) in [5, 5.41) is 5.81. The number of amides is 1. The Hall–Kier alpha value is -1.62. The number of hydrogen-bond acceptors (Lipinski definition) is 3. The summed E-state index contributed by atoms with van der Waals surface area (Å²) in [7, 11) is 1.46. The van der Waals surface area contributed by atoms with Crippen LogP contribution in [0.1, 0.15) is 6.42 Å². The molecule has 1 amide bonds. The van der Waals surface area contributed by atoms with Crippen molar-refractivity contribution in [3.8, 4) is 5.75 Å². The van der Waals surface area contributed by atoms with Crippen molar-refractivity contribution in [1.82, 2.24) is 5.32 Å². The summed E-state index contributed by atoms with van der Waals surface area (Å²) in [4.78, 5) is 11.8. The van der Waals surface area contributed by atoms with Crippen LogP contribution in [0.3, 0.4) is 0 Å². The summed E-state index contributed by atoms with van der Waals surface area (Å²) < 4.78 is 18.1. The third-order valence-corrected chi connectivity index (χ3v) is 2.81. The number of carbonyl (C=O) groups is 1. The van der Waals surface area contributed by atoms with E-state index in [1.54, 1.807) is 6.07 Å². The molecule has 1 aliphatic heterocycles. The molecule has 0 radical (unpaired) electrons. The second-order valence-electron chi connectivity index (χ2n) is 4.06. The molecule has 1 heterocycles. The van der Waals surface area contributed by atoms with Crippen LogP contribution >= 0.6 is 0 Å². The molecule has 17 heavy (non-hydrogen) atoms. The zero-order valence-electron chi connectivity index (χ0n) is 9.63. The number of ether oxygens (including phenoxy) is 1. The maximum atomic E-state index is 13.2. The molecule has 5 heteroatoms. The topological polar surface area (TPSA) is 50.4 Å². The Morgan fingerprint density at radius 3 is 3.00 bits per heavy atom. The van der Waals surface area contributed by atoms with E-state index in [9.17, 15) is 9.18 Å². The van der Waals surface area contributed by atoms with Crippen molar-refractivity contribution in [3.05, 3.63) is 24.0 Å². The van der Waals surface area contributed by atoms with Crippen molar-refractivity contribution in [2.75, 3.05) is 25.5 Å². The maximum Gasteiger partial charge on any atom is 0.228 e. The smallest absolute Gasteiger partial charge is 0.228 e. The third kappa shape index (κ3) is 2.94. The Labute approximate surface area is 99.2 Å². The van der Waals surface area contributed by atoms with Gasteiger partial charge in [0, 0.05) is 24.4 Å². The van der Waals surface area contributed by atoms with Crippen LogP contribution in [0, 0.1) is 11.7 Å². The largest absolute Gasteiger partial charge is 0.497 e. The van der Waals surface area contributed by atoms with Crippen molar-refractivity contribution >= 4 is 11.6 Å². The van der Waals surface area contributed by atoms with Crippen molar-refractivity contribution < 1.29 is 13.9 Å². The van der Waals surface area contributed by atoms with Crippen LogP contribution in [0.25, 0.3) is 0 Å². The summed E-state index contributed by atoms with van der Waals surface area (Å²) in [6.07, 6.45) is 0.818. The number of nitrogens with one attached hydrogen (secondary N) is 2. The lowest BCUT2D eigenvalue weighted by Crippen LogP contribution is -2.24. The van der Waals surface area contributed by atoms with Gasteiger partial charge in [0.2, 0.25) is 5.91 Å². The molecule has 1 fully saturated rings. The van der Waals surface area contributed by atoms with E-state index in [1.807, 2.05) is 0 Å². The Morgan fingerprint density at radius 1 is 1.53 bits per heavy atom. The molecular formula is C12H15FN2O2. The van der Waals surface area contributed by atoms with Gasteiger partial charge in [-0.05, 0) is 19.0 Å². The van der Waals surface area contributed by atoms with Gasteiger partial charge in [-0.2, -0.15) is 0 Å². The highest BCUT2D eigenvalue weighted by Gasteiger charge is 2.22. The molecule has 0 spiro atoms. The number of carbonyl (C=O) groups excluding carboxylic acids is 1. The zero-order chi connectivity index (χ0) is 12.3. The van der Waals surface area contributed by atoms with Crippen molar-refractivity contribution in [2.24, 2.45) is 5.92 Å². The Bertz CT molecular complexity index is 417. The van der Waals surface area contributed by atoms with Gasteiger partial charge < -0.3 is 15.4 Å². The first kappa shape index (κ1) is 11.9. The van der Waals surface area contributed by atoms with Crippen LogP contribution < -0.4 is 15.4 Å². The lowest BCUT2D eigenvalue weighted by molar-refractivity contribution is -0.119. The highest BCUT2D eigenvalue weighted by molar-refractivity contribution is 5.93. The molecule has 4 nitrogen and oxygen atoms in total. The minimum absolute atomic E-state index is 0.0377. The van der Waals surface area contributed by atoms with E-state index in [0.717, 1.165) is 13.0 Å².